The molecule has 136 valence electrons. The average molecular weight is 348 g/mol. The maximum absolute atomic E-state index is 13.0. The van der Waals surface area contributed by atoms with E-state index in [2.05, 4.69) is 14.9 Å². The van der Waals surface area contributed by atoms with E-state index in [0.29, 0.717) is 19.6 Å². The normalized spacial score (nSPS) is 17.1. The molecule has 1 atom stereocenters. The van der Waals surface area contributed by atoms with Gasteiger partial charge >= 0.3 is 0 Å². The standard InChI is InChI=1S/C18H25FN4O2/c1-21(13-18(24)14-22-6-8-25-9-7-22)11-15-10-20-23(12-15)17-4-2-16(19)3-5-17/h2-5,10,12,18,24H,6-9,11,13-14H2,1H3. The number of halogens is 1. The van der Waals surface area contributed by atoms with Crippen LogP contribution < -0.4 is 0 Å². The van der Waals surface area contributed by atoms with Crippen molar-refractivity contribution in [2.45, 2.75) is 12.6 Å². The number of β-amino-alcohol motifs (C(OH)–C–C–N with tert-alkyl or cyclic N) is 1. The molecule has 2 aromatic rings. The molecule has 0 aliphatic carbocycles. The van der Waals surface area contributed by atoms with Crippen LogP contribution in [0.4, 0.5) is 4.39 Å². The highest BCUT2D eigenvalue weighted by atomic mass is 19.1. The number of aromatic nitrogens is 2. The number of benzene rings is 1. The third-order valence-corrected chi connectivity index (χ3v) is 4.27. The van der Waals surface area contributed by atoms with E-state index in [-0.39, 0.29) is 5.82 Å². The summed E-state index contributed by atoms with van der Waals surface area (Å²) in [4.78, 5) is 4.31. The molecule has 2 heterocycles. The molecule has 0 spiro atoms. The van der Waals surface area contributed by atoms with Crippen LogP contribution in [0.25, 0.3) is 5.69 Å². The summed E-state index contributed by atoms with van der Waals surface area (Å²) in [5, 5.41) is 14.6. The summed E-state index contributed by atoms with van der Waals surface area (Å²) in [6, 6.07) is 6.24. The summed E-state index contributed by atoms with van der Waals surface area (Å²) in [6.07, 6.45) is 3.34. The zero-order valence-corrected chi connectivity index (χ0v) is 14.5. The first-order chi connectivity index (χ1) is 12.1. The molecule has 6 nitrogen and oxygen atoms in total. The number of morpholine rings is 1. The van der Waals surface area contributed by atoms with Gasteiger partial charge in [0.25, 0.3) is 0 Å². The molecule has 1 aromatic heterocycles. The Bertz CT molecular complexity index is 655. The Balaban J connectivity index is 1.49. The van der Waals surface area contributed by atoms with Crippen molar-refractivity contribution in [3.05, 3.63) is 48.0 Å². The van der Waals surface area contributed by atoms with Gasteiger partial charge in [0.2, 0.25) is 0 Å². The van der Waals surface area contributed by atoms with Crippen molar-refractivity contribution in [1.29, 1.82) is 0 Å². The van der Waals surface area contributed by atoms with Gasteiger partial charge in [0.15, 0.2) is 0 Å². The molecule has 25 heavy (non-hydrogen) atoms. The molecule has 1 aromatic carbocycles. The second-order valence-electron chi connectivity index (χ2n) is 6.53. The SMILES string of the molecule is CN(Cc1cnn(-c2ccc(F)cc2)c1)CC(O)CN1CCOCC1. The highest BCUT2D eigenvalue weighted by molar-refractivity contribution is 5.31. The van der Waals surface area contributed by atoms with Crippen LogP contribution in [-0.2, 0) is 11.3 Å². The van der Waals surface area contributed by atoms with Crippen LogP contribution in [0.15, 0.2) is 36.7 Å². The first-order valence-electron chi connectivity index (χ1n) is 8.56. The number of ether oxygens (including phenoxy) is 1. The number of hydrogen-bond donors (Lipinski definition) is 1. The third kappa shape index (κ3) is 5.34. The number of nitrogens with zero attached hydrogens (tertiary/aromatic N) is 4. The summed E-state index contributed by atoms with van der Waals surface area (Å²) in [6.45, 7) is 5.20. The Kier molecular flexibility index (Phi) is 6.14. The molecular weight excluding hydrogens is 323 g/mol. The van der Waals surface area contributed by atoms with Gasteiger partial charge in [0.1, 0.15) is 5.82 Å². The van der Waals surface area contributed by atoms with E-state index in [4.69, 9.17) is 4.74 Å². The van der Waals surface area contributed by atoms with Gasteiger partial charge in [-0.2, -0.15) is 5.10 Å². The Hall–Kier alpha value is -1.80. The van der Waals surface area contributed by atoms with Gasteiger partial charge in [0.05, 0.1) is 31.2 Å². The summed E-state index contributed by atoms with van der Waals surface area (Å²) < 4.78 is 20.1. The van der Waals surface area contributed by atoms with E-state index < -0.39 is 6.10 Å². The van der Waals surface area contributed by atoms with Crippen molar-refractivity contribution in [1.82, 2.24) is 19.6 Å². The molecule has 0 bridgehead atoms. The predicted octanol–water partition coefficient (Wildman–Crippen LogP) is 1.14. The van der Waals surface area contributed by atoms with E-state index in [1.54, 1.807) is 23.0 Å². The summed E-state index contributed by atoms with van der Waals surface area (Å²) in [5.74, 6) is -0.259. The van der Waals surface area contributed by atoms with Crippen LogP contribution in [0.5, 0.6) is 0 Å². The molecule has 1 aliphatic heterocycles. The molecule has 0 amide bonds. The molecule has 3 rings (SSSR count). The second kappa shape index (κ2) is 8.53. The van der Waals surface area contributed by atoms with Gasteiger partial charge in [0, 0.05) is 44.5 Å². The van der Waals surface area contributed by atoms with Crippen LogP contribution in [0, 0.1) is 5.82 Å². The van der Waals surface area contributed by atoms with Gasteiger partial charge in [-0.1, -0.05) is 0 Å². The maximum atomic E-state index is 13.0. The Morgan fingerprint density at radius 2 is 2.00 bits per heavy atom. The Labute approximate surface area is 147 Å². The van der Waals surface area contributed by atoms with E-state index in [0.717, 1.165) is 37.6 Å². The van der Waals surface area contributed by atoms with Gasteiger partial charge in [-0.05, 0) is 31.3 Å². The lowest BCUT2D eigenvalue weighted by Gasteiger charge is -2.30. The van der Waals surface area contributed by atoms with E-state index in [1.807, 2.05) is 13.2 Å². The smallest absolute Gasteiger partial charge is 0.123 e. The zero-order chi connectivity index (χ0) is 17.6. The highest BCUT2D eigenvalue weighted by Gasteiger charge is 2.16. The lowest BCUT2D eigenvalue weighted by Crippen LogP contribution is -2.43. The van der Waals surface area contributed by atoms with Crippen LogP contribution in [-0.4, -0.2) is 77.2 Å². The minimum atomic E-state index is -0.393. The zero-order valence-electron chi connectivity index (χ0n) is 14.5. The number of rotatable bonds is 7. The number of aliphatic hydroxyl groups is 1. The van der Waals surface area contributed by atoms with Crippen molar-refractivity contribution in [3.8, 4) is 5.69 Å². The summed E-state index contributed by atoms with van der Waals surface area (Å²) in [7, 11) is 1.98. The molecule has 1 N–H and O–H groups in total. The first-order valence-corrected chi connectivity index (χ1v) is 8.56. The number of hydrogen-bond acceptors (Lipinski definition) is 5. The largest absolute Gasteiger partial charge is 0.390 e. The molecule has 1 aliphatic rings. The average Bonchev–Trinajstić information content (AvgIpc) is 3.04. The van der Waals surface area contributed by atoms with Gasteiger partial charge in [-0.15, -0.1) is 0 Å². The fourth-order valence-corrected chi connectivity index (χ4v) is 3.05. The molecule has 1 fully saturated rings. The summed E-state index contributed by atoms with van der Waals surface area (Å²) >= 11 is 0. The van der Waals surface area contributed by atoms with Gasteiger partial charge < -0.3 is 9.84 Å². The molecule has 7 heteroatoms. The fraction of sp³-hybridized carbons (Fsp3) is 0.500. The van der Waals surface area contributed by atoms with Crippen LogP contribution in [0.2, 0.25) is 0 Å². The third-order valence-electron chi connectivity index (χ3n) is 4.27. The van der Waals surface area contributed by atoms with Crippen LogP contribution in [0.3, 0.4) is 0 Å². The van der Waals surface area contributed by atoms with Gasteiger partial charge in [-0.3, -0.25) is 9.80 Å². The lowest BCUT2D eigenvalue weighted by molar-refractivity contribution is 0.00825. The Morgan fingerprint density at radius 3 is 2.72 bits per heavy atom. The van der Waals surface area contributed by atoms with E-state index in [9.17, 15) is 9.50 Å². The van der Waals surface area contributed by atoms with Crippen molar-refractivity contribution in [3.63, 3.8) is 0 Å². The van der Waals surface area contributed by atoms with Crippen molar-refractivity contribution in [2.75, 3.05) is 46.4 Å². The van der Waals surface area contributed by atoms with Crippen molar-refractivity contribution in [2.24, 2.45) is 0 Å². The predicted molar refractivity (Wildman–Crippen MR) is 93.1 cm³/mol. The molecular formula is C18H25FN4O2. The fourth-order valence-electron chi connectivity index (χ4n) is 3.05. The quantitative estimate of drug-likeness (QED) is 0.813. The van der Waals surface area contributed by atoms with E-state index >= 15 is 0 Å². The van der Waals surface area contributed by atoms with Gasteiger partial charge in [-0.25, -0.2) is 9.07 Å². The monoisotopic (exact) mass is 348 g/mol. The van der Waals surface area contributed by atoms with Crippen LogP contribution >= 0.6 is 0 Å². The molecule has 1 unspecified atom stereocenters. The highest BCUT2D eigenvalue weighted by Crippen LogP contribution is 2.11. The topological polar surface area (TPSA) is 53.8 Å². The second-order valence-corrected chi connectivity index (χ2v) is 6.53. The minimum Gasteiger partial charge on any atom is -0.390 e. The maximum Gasteiger partial charge on any atom is 0.123 e. The molecule has 0 saturated carbocycles. The summed E-state index contributed by atoms with van der Waals surface area (Å²) in [5.41, 5.74) is 1.87. The van der Waals surface area contributed by atoms with E-state index in [1.165, 1.54) is 12.1 Å². The van der Waals surface area contributed by atoms with Crippen molar-refractivity contribution < 1.29 is 14.2 Å². The minimum absolute atomic E-state index is 0.259. The first kappa shape index (κ1) is 18.0. The number of aliphatic hydroxyl groups excluding tert-OH is 1. The van der Waals surface area contributed by atoms with Crippen LogP contribution in [0.1, 0.15) is 5.56 Å². The lowest BCUT2D eigenvalue weighted by atomic mass is 10.2. The van der Waals surface area contributed by atoms with Crippen molar-refractivity contribution >= 4 is 0 Å². The molecule has 0 radical (unpaired) electrons. The molecule has 1 saturated heterocycles. The Morgan fingerprint density at radius 1 is 1.28 bits per heavy atom. The number of likely N-dealkylation sites (N-methyl/N-ethyl adjacent to an activating group) is 1.